The molecule has 0 saturated carbocycles. The summed E-state index contributed by atoms with van der Waals surface area (Å²) < 4.78 is 5.80. The van der Waals surface area contributed by atoms with Crippen LogP contribution in [0.2, 0.25) is 0 Å². The van der Waals surface area contributed by atoms with Gasteiger partial charge >= 0.3 is 0 Å². The molecule has 0 aromatic carbocycles. The van der Waals surface area contributed by atoms with Crippen LogP contribution in [0.4, 0.5) is 0 Å². The van der Waals surface area contributed by atoms with Crippen molar-refractivity contribution >= 4 is 5.91 Å². The molecule has 1 fully saturated rings. The van der Waals surface area contributed by atoms with Gasteiger partial charge in [-0.05, 0) is 37.3 Å². The third-order valence-electron chi connectivity index (χ3n) is 3.74. The molecule has 0 unspecified atom stereocenters. The van der Waals surface area contributed by atoms with Crippen LogP contribution in [0.1, 0.15) is 49.0 Å². The molecule has 1 aromatic rings. The lowest BCUT2D eigenvalue weighted by Crippen LogP contribution is -2.43. The number of carbonyl (C=O) groups is 1. The molecule has 0 N–H and O–H groups in total. The highest BCUT2D eigenvalue weighted by molar-refractivity contribution is 5.95. The van der Waals surface area contributed by atoms with Gasteiger partial charge < -0.3 is 9.64 Å². The van der Waals surface area contributed by atoms with Crippen LogP contribution in [0.15, 0.2) is 18.5 Å². The van der Waals surface area contributed by atoms with Crippen LogP contribution in [-0.2, 0) is 11.2 Å². The van der Waals surface area contributed by atoms with Crippen LogP contribution in [0, 0.1) is 0 Å². The largest absolute Gasteiger partial charge is 0.376 e. The lowest BCUT2D eigenvalue weighted by molar-refractivity contribution is 0.00207. The SMILES string of the molecule is CCCO[C@H]1CCCN(C(=O)c2ccncc2CC)C1. The molecule has 4 heteroatoms. The van der Waals surface area contributed by atoms with Crippen molar-refractivity contribution in [3.8, 4) is 0 Å². The molecule has 1 aliphatic heterocycles. The maximum atomic E-state index is 12.6. The Hall–Kier alpha value is -1.42. The van der Waals surface area contributed by atoms with Gasteiger partial charge in [-0.1, -0.05) is 13.8 Å². The van der Waals surface area contributed by atoms with Gasteiger partial charge in [-0.3, -0.25) is 9.78 Å². The summed E-state index contributed by atoms with van der Waals surface area (Å²) in [6.07, 6.45) is 7.62. The summed E-state index contributed by atoms with van der Waals surface area (Å²) in [4.78, 5) is 18.7. The molecule has 1 atom stereocenters. The first-order valence-corrected chi connectivity index (χ1v) is 7.60. The molecule has 1 amide bonds. The van der Waals surface area contributed by atoms with Crippen LogP contribution in [-0.4, -0.2) is 41.6 Å². The number of hydrogen-bond acceptors (Lipinski definition) is 3. The molecule has 1 aliphatic rings. The van der Waals surface area contributed by atoms with Gasteiger partial charge in [-0.15, -0.1) is 0 Å². The zero-order chi connectivity index (χ0) is 14.4. The van der Waals surface area contributed by atoms with E-state index in [1.54, 1.807) is 12.4 Å². The molecule has 0 bridgehead atoms. The molecule has 20 heavy (non-hydrogen) atoms. The fourth-order valence-electron chi connectivity index (χ4n) is 2.63. The summed E-state index contributed by atoms with van der Waals surface area (Å²) in [5, 5.41) is 0. The quantitative estimate of drug-likeness (QED) is 0.830. The number of aromatic nitrogens is 1. The standard InChI is InChI=1S/C16H24N2O2/c1-3-10-20-14-6-5-9-18(12-14)16(19)15-7-8-17-11-13(15)4-2/h7-8,11,14H,3-6,9-10,12H2,1-2H3/t14-/m0/s1. The topological polar surface area (TPSA) is 42.4 Å². The summed E-state index contributed by atoms with van der Waals surface area (Å²) in [5.41, 5.74) is 1.81. The van der Waals surface area contributed by atoms with Gasteiger partial charge in [0.25, 0.3) is 5.91 Å². The highest BCUT2D eigenvalue weighted by Crippen LogP contribution is 2.18. The smallest absolute Gasteiger partial charge is 0.254 e. The van der Waals surface area contributed by atoms with E-state index in [1.165, 1.54) is 0 Å². The van der Waals surface area contributed by atoms with E-state index in [0.29, 0.717) is 6.54 Å². The summed E-state index contributed by atoms with van der Waals surface area (Å²) in [6, 6.07) is 1.83. The van der Waals surface area contributed by atoms with E-state index >= 15 is 0 Å². The van der Waals surface area contributed by atoms with Crippen molar-refractivity contribution in [3.05, 3.63) is 29.6 Å². The van der Waals surface area contributed by atoms with Gasteiger partial charge in [0.2, 0.25) is 0 Å². The Balaban J connectivity index is 2.04. The van der Waals surface area contributed by atoms with Gasteiger partial charge in [0.1, 0.15) is 0 Å². The summed E-state index contributed by atoms with van der Waals surface area (Å²) in [5.74, 6) is 0.119. The number of rotatable bonds is 5. The molecule has 1 aromatic heterocycles. The van der Waals surface area contributed by atoms with Crippen LogP contribution in [0.25, 0.3) is 0 Å². The van der Waals surface area contributed by atoms with Gasteiger partial charge in [-0.2, -0.15) is 0 Å². The van der Waals surface area contributed by atoms with Gasteiger partial charge in [-0.25, -0.2) is 0 Å². The van der Waals surface area contributed by atoms with E-state index in [0.717, 1.165) is 50.0 Å². The summed E-state index contributed by atoms with van der Waals surface area (Å²) in [6.45, 7) is 6.48. The average molecular weight is 276 g/mol. The molecular weight excluding hydrogens is 252 g/mol. The Labute approximate surface area is 121 Å². The third kappa shape index (κ3) is 3.57. The minimum atomic E-state index is 0.119. The maximum absolute atomic E-state index is 12.6. The number of ether oxygens (including phenoxy) is 1. The second-order valence-electron chi connectivity index (χ2n) is 5.27. The number of nitrogens with zero attached hydrogens (tertiary/aromatic N) is 2. The van der Waals surface area contributed by atoms with E-state index in [9.17, 15) is 4.79 Å². The van der Waals surface area contributed by atoms with Crippen molar-refractivity contribution in [2.24, 2.45) is 0 Å². The molecule has 1 saturated heterocycles. The summed E-state index contributed by atoms with van der Waals surface area (Å²) >= 11 is 0. The number of pyridine rings is 1. The van der Waals surface area contributed by atoms with Crippen molar-refractivity contribution in [1.82, 2.24) is 9.88 Å². The number of piperidine rings is 1. The van der Waals surface area contributed by atoms with Gasteiger partial charge in [0.15, 0.2) is 0 Å². The lowest BCUT2D eigenvalue weighted by atomic mass is 10.0. The Morgan fingerprint density at radius 2 is 2.35 bits per heavy atom. The third-order valence-corrected chi connectivity index (χ3v) is 3.74. The first-order valence-electron chi connectivity index (χ1n) is 7.60. The van der Waals surface area contributed by atoms with Crippen molar-refractivity contribution in [2.45, 2.75) is 45.6 Å². The molecule has 2 heterocycles. The molecule has 4 nitrogen and oxygen atoms in total. The maximum Gasteiger partial charge on any atom is 0.254 e. The molecule has 2 rings (SSSR count). The molecule has 0 radical (unpaired) electrons. The number of aryl methyl sites for hydroxylation is 1. The number of likely N-dealkylation sites (tertiary alicyclic amines) is 1. The Kier molecular flexibility index (Phi) is 5.53. The minimum Gasteiger partial charge on any atom is -0.376 e. The Morgan fingerprint density at radius 3 is 3.10 bits per heavy atom. The second kappa shape index (κ2) is 7.39. The first kappa shape index (κ1) is 15.0. The number of hydrogen-bond donors (Lipinski definition) is 0. The van der Waals surface area contributed by atoms with Crippen molar-refractivity contribution in [2.75, 3.05) is 19.7 Å². The fraction of sp³-hybridized carbons (Fsp3) is 0.625. The van der Waals surface area contributed by atoms with Gasteiger partial charge in [0, 0.05) is 37.7 Å². The van der Waals surface area contributed by atoms with Crippen LogP contribution in [0.5, 0.6) is 0 Å². The van der Waals surface area contributed by atoms with Crippen LogP contribution >= 0.6 is 0 Å². The normalized spacial score (nSPS) is 19.1. The predicted molar refractivity (Wildman–Crippen MR) is 78.8 cm³/mol. The molecule has 0 spiro atoms. The number of carbonyl (C=O) groups excluding carboxylic acids is 1. The molecule has 0 aliphatic carbocycles. The highest BCUT2D eigenvalue weighted by atomic mass is 16.5. The van der Waals surface area contributed by atoms with E-state index < -0.39 is 0 Å². The first-order chi connectivity index (χ1) is 9.76. The Bertz CT molecular complexity index is 448. The fourth-order valence-corrected chi connectivity index (χ4v) is 2.63. The van der Waals surface area contributed by atoms with Crippen LogP contribution < -0.4 is 0 Å². The van der Waals surface area contributed by atoms with Gasteiger partial charge in [0.05, 0.1) is 6.10 Å². The Morgan fingerprint density at radius 1 is 1.50 bits per heavy atom. The summed E-state index contributed by atoms with van der Waals surface area (Å²) in [7, 11) is 0. The van der Waals surface area contributed by atoms with E-state index in [2.05, 4.69) is 18.8 Å². The van der Waals surface area contributed by atoms with Crippen molar-refractivity contribution in [1.29, 1.82) is 0 Å². The van der Waals surface area contributed by atoms with Crippen molar-refractivity contribution in [3.63, 3.8) is 0 Å². The molecule has 110 valence electrons. The average Bonchev–Trinajstić information content (AvgIpc) is 2.52. The lowest BCUT2D eigenvalue weighted by Gasteiger charge is -2.33. The highest BCUT2D eigenvalue weighted by Gasteiger charge is 2.25. The zero-order valence-electron chi connectivity index (χ0n) is 12.5. The van der Waals surface area contributed by atoms with E-state index in [1.807, 2.05) is 11.0 Å². The minimum absolute atomic E-state index is 0.119. The monoisotopic (exact) mass is 276 g/mol. The number of amides is 1. The van der Waals surface area contributed by atoms with Crippen molar-refractivity contribution < 1.29 is 9.53 Å². The molecular formula is C16H24N2O2. The zero-order valence-corrected chi connectivity index (χ0v) is 12.5. The van der Waals surface area contributed by atoms with E-state index in [-0.39, 0.29) is 12.0 Å². The van der Waals surface area contributed by atoms with Crippen LogP contribution in [0.3, 0.4) is 0 Å². The predicted octanol–water partition coefficient (Wildman–Crippen LogP) is 2.68. The second-order valence-corrected chi connectivity index (χ2v) is 5.27. The van der Waals surface area contributed by atoms with E-state index in [4.69, 9.17) is 4.74 Å².